The smallest absolute Gasteiger partial charge is 0.0352 e. The van der Waals surface area contributed by atoms with E-state index in [9.17, 15) is 0 Å². The van der Waals surface area contributed by atoms with Crippen molar-refractivity contribution in [2.24, 2.45) is 11.3 Å². The Hall–Kier alpha value is 0. The second-order valence-electron chi connectivity index (χ2n) is 4.72. The molecule has 1 rings (SSSR count). The van der Waals surface area contributed by atoms with Crippen LogP contribution in [-0.2, 0) is 0 Å². The molecule has 0 aliphatic heterocycles. The monoisotopic (exact) mass is 140 g/mol. The first-order valence-electron chi connectivity index (χ1n) is 4.60. The van der Waals surface area contributed by atoms with Crippen molar-refractivity contribution in [3.05, 3.63) is 0 Å². The second kappa shape index (κ2) is 2.94. The molecule has 10 heavy (non-hydrogen) atoms. The maximum absolute atomic E-state index is 2.41. The maximum atomic E-state index is 2.41. The van der Waals surface area contributed by atoms with Crippen LogP contribution >= 0.6 is 0 Å². The summed E-state index contributed by atoms with van der Waals surface area (Å²) in [5, 5.41) is 0. The van der Waals surface area contributed by atoms with Gasteiger partial charge in [-0.15, -0.1) is 0 Å². The van der Waals surface area contributed by atoms with Gasteiger partial charge in [0.05, 0.1) is 0 Å². The lowest BCUT2D eigenvalue weighted by atomic mass is 9.82. The minimum atomic E-state index is 0.635. The normalized spacial score (nSPS) is 33.3. The SMILES string of the molecule is CC1CCCCC(C)(C)C1. The van der Waals surface area contributed by atoms with E-state index in [1.165, 1.54) is 32.1 Å². The van der Waals surface area contributed by atoms with Crippen molar-refractivity contribution in [1.29, 1.82) is 0 Å². The largest absolute Gasteiger partial charge is 0.0625 e. The third-order valence-corrected chi connectivity index (χ3v) is 2.70. The molecular weight excluding hydrogens is 120 g/mol. The Bertz CT molecular complexity index is 103. The molecule has 0 aromatic carbocycles. The molecular formula is C10H20. The third kappa shape index (κ3) is 2.32. The molecule has 0 heterocycles. The zero-order valence-corrected chi connectivity index (χ0v) is 7.61. The van der Waals surface area contributed by atoms with Crippen molar-refractivity contribution >= 4 is 0 Å². The van der Waals surface area contributed by atoms with Crippen LogP contribution in [-0.4, -0.2) is 0 Å². The lowest BCUT2D eigenvalue weighted by Crippen LogP contribution is -2.12. The third-order valence-electron chi connectivity index (χ3n) is 2.70. The average Bonchev–Trinajstić information content (AvgIpc) is 1.90. The van der Waals surface area contributed by atoms with Crippen LogP contribution in [0, 0.1) is 11.3 Å². The molecule has 0 saturated heterocycles. The lowest BCUT2D eigenvalue weighted by Gasteiger charge is -2.24. The molecule has 0 bridgehead atoms. The van der Waals surface area contributed by atoms with Crippen LogP contribution in [0.1, 0.15) is 52.9 Å². The van der Waals surface area contributed by atoms with Gasteiger partial charge in [-0.05, 0) is 24.2 Å². The van der Waals surface area contributed by atoms with Gasteiger partial charge >= 0.3 is 0 Å². The Kier molecular flexibility index (Phi) is 2.38. The van der Waals surface area contributed by atoms with Crippen LogP contribution in [0.2, 0.25) is 0 Å². The fraction of sp³-hybridized carbons (Fsp3) is 1.00. The van der Waals surface area contributed by atoms with Gasteiger partial charge in [0.25, 0.3) is 0 Å². The van der Waals surface area contributed by atoms with Crippen LogP contribution in [0.4, 0.5) is 0 Å². The van der Waals surface area contributed by atoms with Crippen LogP contribution in [0.25, 0.3) is 0 Å². The van der Waals surface area contributed by atoms with Gasteiger partial charge in [0.2, 0.25) is 0 Å². The summed E-state index contributed by atoms with van der Waals surface area (Å²) in [6.45, 7) is 7.22. The van der Waals surface area contributed by atoms with E-state index in [0.29, 0.717) is 5.41 Å². The molecule has 1 saturated carbocycles. The molecule has 0 aromatic heterocycles. The Balaban J connectivity index is 2.46. The molecule has 0 radical (unpaired) electrons. The highest BCUT2D eigenvalue weighted by atomic mass is 14.3. The average molecular weight is 140 g/mol. The summed E-state index contributed by atoms with van der Waals surface area (Å²) in [6, 6.07) is 0. The molecule has 0 aromatic rings. The highest BCUT2D eigenvalue weighted by Crippen LogP contribution is 2.36. The molecule has 1 fully saturated rings. The standard InChI is InChI=1S/C10H20/c1-9-6-4-5-7-10(2,3)8-9/h9H,4-8H2,1-3H3. The van der Waals surface area contributed by atoms with Gasteiger partial charge in [0.1, 0.15) is 0 Å². The van der Waals surface area contributed by atoms with E-state index < -0.39 is 0 Å². The molecule has 1 aliphatic rings. The van der Waals surface area contributed by atoms with E-state index >= 15 is 0 Å². The summed E-state index contributed by atoms with van der Waals surface area (Å²) >= 11 is 0. The van der Waals surface area contributed by atoms with E-state index in [1.54, 1.807) is 0 Å². The van der Waals surface area contributed by atoms with Gasteiger partial charge in [-0.25, -0.2) is 0 Å². The van der Waals surface area contributed by atoms with Crippen LogP contribution in [0.5, 0.6) is 0 Å². The fourth-order valence-corrected chi connectivity index (χ4v) is 2.24. The Morgan fingerprint density at radius 1 is 1.20 bits per heavy atom. The second-order valence-corrected chi connectivity index (χ2v) is 4.72. The van der Waals surface area contributed by atoms with E-state index in [1.807, 2.05) is 0 Å². The van der Waals surface area contributed by atoms with Crippen molar-refractivity contribution in [2.45, 2.75) is 52.9 Å². The predicted octanol–water partition coefficient (Wildman–Crippen LogP) is 3.61. The highest BCUT2D eigenvalue weighted by molar-refractivity contribution is 4.75. The molecule has 60 valence electrons. The van der Waals surface area contributed by atoms with Crippen LogP contribution < -0.4 is 0 Å². The highest BCUT2D eigenvalue weighted by Gasteiger charge is 2.23. The molecule has 1 unspecified atom stereocenters. The van der Waals surface area contributed by atoms with Crippen molar-refractivity contribution < 1.29 is 0 Å². The number of hydrogen-bond donors (Lipinski definition) is 0. The summed E-state index contributed by atoms with van der Waals surface area (Å²) in [5.74, 6) is 0.970. The summed E-state index contributed by atoms with van der Waals surface area (Å²) in [6.07, 6.45) is 7.26. The van der Waals surface area contributed by atoms with Gasteiger partial charge in [0, 0.05) is 0 Å². The summed E-state index contributed by atoms with van der Waals surface area (Å²) in [4.78, 5) is 0. The van der Waals surface area contributed by atoms with Crippen molar-refractivity contribution in [3.63, 3.8) is 0 Å². The minimum Gasteiger partial charge on any atom is -0.0625 e. The topological polar surface area (TPSA) is 0 Å². The first-order valence-corrected chi connectivity index (χ1v) is 4.60. The molecule has 0 nitrogen and oxygen atoms in total. The predicted molar refractivity (Wildman–Crippen MR) is 46.0 cm³/mol. The Morgan fingerprint density at radius 3 is 2.60 bits per heavy atom. The lowest BCUT2D eigenvalue weighted by molar-refractivity contribution is 0.277. The summed E-state index contributed by atoms with van der Waals surface area (Å²) in [5.41, 5.74) is 0.635. The maximum Gasteiger partial charge on any atom is -0.0352 e. The molecule has 1 atom stereocenters. The van der Waals surface area contributed by atoms with Gasteiger partial charge in [-0.3, -0.25) is 0 Å². The van der Waals surface area contributed by atoms with Gasteiger partial charge in [-0.2, -0.15) is 0 Å². The quantitative estimate of drug-likeness (QED) is 0.451. The molecule has 0 heteroatoms. The number of rotatable bonds is 0. The minimum absolute atomic E-state index is 0.635. The van der Waals surface area contributed by atoms with Gasteiger partial charge < -0.3 is 0 Å². The van der Waals surface area contributed by atoms with E-state index in [0.717, 1.165) is 5.92 Å². The number of hydrogen-bond acceptors (Lipinski definition) is 0. The molecule has 0 amide bonds. The van der Waals surface area contributed by atoms with Crippen molar-refractivity contribution in [3.8, 4) is 0 Å². The molecule has 0 N–H and O–H groups in total. The first kappa shape index (κ1) is 8.10. The molecule has 1 aliphatic carbocycles. The van der Waals surface area contributed by atoms with Crippen molar-refractivity contribution in [1.82, 2.24) is 0 Å². The fourth-order valence-electron chi connectivity index (χ4n) is 2.24. The van der Waals surface area contributed by atoms with Crippen LogP contribution in [0.15, 0.2) is 0 Å². The zero-order valence-electron chi connectivity index (χ0n) is 7.61. The van der Waals surface area contributed by atoms with E-state index in [2.05, 4.69) is 20.8 Å². The Labute approximate surface area is 65.0 Å². The van der Waals surface area contributed by atoms with Gasteiger partial charge in [0.15, 0.2) is 0 Å². The van der Waals surface area contributed by atoms with Gasteiger partial charge in [-0.1, -0.05) is 40.0 Å². The van der Waals surface area contributed by atoms with E-state index in [-0.39, 0.29) is 0 Å². The zero-order chi connectivity index (χ0) is 7.61. The van der Waals surface area contributed by atoms with Crippen molar-refractivity contribution in [2.75, 3.05) is 0 Å². The Morgan fingerprint density at radius 2 is 1.90 bits per heavy atom. The summed E-state index contributed by atoms with van der Waals surface area (Å²) < 4.78 is 0. The van der Waals surface area contributed by atoms with Crippen LogP contribution in [0.3, 0.4) is 0 Å². The summed E-state index contributed by atoms with van der Waals surface area (Å²) in [7, 11) is 0. The van der Waals surface area contributed by atoms with E-state index in [4.69, 9.17) is 0 Å². The molecule has 0 spiro atoms. The first-order chi connectivity index (χ1) is 4.60.